The molecule has 26 heavy (non-hydrogen) atoms. The molecule has 4 aromatic rings. The molecular weight excluding hydrogens is 443 g/mol. The van der Waals surface area contributed by atoms with Crippen molar-refractivity contribution in [2.75, 3.05) is 5.32 Å². The van der Waals surface area contributed by atoms with Gasteiger partial charge >= 0.3 is 0 Å². The summed E-state index contributed by atoms with van der Waals surface area (Å²) in [7, 11) is 0. The second-order valence-electron chi connectivity index (χ2n) is 5.55. The number of fused-ring (bicyclic) bond motifs is 1. The summed E-state index contributed by atoms with van der Waals surface area (Å²) in [5.74, 6) is 0.925. The van der Waals surface area contributed by atoms with Gasteiger partial charge in [0.05, 0.1) is 6.26 Å². The van der Waals surface area contributed by atoms with E-state index in [1.54, 1.807) is 42.7 Å². The Bertz CT molecular complexity index is 1080. The summed E-state index contributed by atoms with van der Waals surface area (Å²) in [4.78, 5) is 16.5. The van der Waals surface area contributed by atoms with Gasteiger partial charge in [0, 0.05) is 20.9 Å². The maximum Gasteiger partial charge on any atom is 0.248 e. The van der Waals surface area contributed by atoms with Gasteiger partial charge in [0.2, 0.25) is 11.8 Å². The Morgan fingerprint density at radius 3 is 2.73 bits per heavy atom. The van der Waals surface area contributed by atoms with E-state index in [2.05, 4.69) is 32.9 Å². The Hall–Kier alpha value is -2.87. The van der Waals surface area contributed by atoms with Gasteiger partial charge in [-0.05, 0) is 83.3 Å². The molecule has 0 unspecified atom stereocenters. The molecule has 0 aliphatic carbocycles. The highest BCUT2D eigenvalue weighted by molar-refractivity contribution is 14.1. The molecule has 0 bridgehead atoms. The number of carbonyl (C=O) groups is 1. The largest absolute Gasteiger partial charge is 0.465 e. The van der Waals surface area contributed by atoms with Crippen molar-refractivity contribution in [2.45, 2.75) is 0 Å². The van der Waals surface area contributed by atoms with Crippen molar-refractivity contribution < 1.29 is 13.6 Å². The number of furan rings is 1. The van der Waals surface area contributed by atoms with Gasteiger partial charge in [0.1, 0.15) is 11.3 Å². The molecule has 2 aromatic heterocycles. The first-order valence-corrected chi connectivity index (χ1v) is 8.94. The van der Waals surface area contributed by atoms with Gasteiger partial charge in [-0.1, -0.05) is 0 Å². The first-order valence-electron chi connectivity index (χ1n) is 7.86. The lowest BCUT2D eigenvalue weighted by atomic mass is 10.2. The third kappa shape index (κ3) is 3.70. The van der Waals surface area contributed by atoms with Crippen molar-refractivity contribution in [3.05, 3.63) is 76.3 Å². The molecule has 2 heterocycles. The number of carbonyl (C=O) groups excluding carboxylic acids is 1. The number of oxazole rings is 1. The van der Waals surface area contributed by atoms with Crippen LogP contribution in [0.25, 0.3) is 28.6 Å². The Morgan fingerprint density at radius 2 is 1.96 bits per heavy atom. The molecule has 0 saturated carbocycles. The van der Waals surface area contributed by atoms with Crippen molar-refractivity contribution in [1.29, 1.82) is 0 Å². The van der Waals surface area contributed by atoms with Crippen LogP contribution in [0.1, 0.15) is 5.76 Å². The van der Waals surface area contributed by atoms with Crippen molar-refractivity contribution in [2.24, 2.45) is 0 Å². The number of hydrogen-bond acceptors (Lipinski definition) is 4. The fraction of sp³-hybridized carbons (Fsp3) is 0. The lowest BCUT2D eigenvalue weighted by Crippen LogP contribution is -2.07. The van der Waals surface area contributed by atoms with Crippen LogP contribution in [0.4, 0.5) is 5.69 Å². The molecule has 0 saturated heterocycles. The zero-order valence-corrected chi connectivity index (χ0v) is 15.6. The first-order chi connectivity index (χ1) is 12.7. The maximum atomic E-state index is 12.0. The fourth-order valence-electron chi connectivity index (χ4n) is 2.45. The van der Waals surface area contributed by atoms with Crippen LogP contribution in [0.3, 0.4) is 0 Å². The number of benzene rings is 2. The summed E-state index contributed by atoms with van der Waals surface area (Å²) in [6, 6.07) is 16.8. The summed E-state index contributed by atoms with van der Waals surface area (Å²) in [5, 5.41) is 2.80. The Kier molecular flexibility index (Phi) is 4.57. The Balaban J connectivity index is 1.53. The van der Waals surface area contributed by atoms with Crippen molar-refractivity contribution in [3.63, 3.8) is 0 Å². The highest BCUT2D eigenvalue weighted by atomic mass is 127. The van der Waals surface area contributed by atoms with Gasteiger partial charge in [-0.25, -0.2) is 4.98 Å². The minimum atomic E-state index is -0.248. The van der Waals surface area contributed by atoms with E-state index in [-0.39, 0.29) is 5.91 Å². The molecule has 0 fully saturated rings. The molecule has 0 aliphatic heterocycles. The number of amides is 1. The smallest absolute Gasteiger partial charge is 0.248 e. The van der Waals surface area contributed by atoms with Crippen LogP contribution in [0.5, 0.6) is 0 Å². The first kappa shape index (κ1) is 16.6. The van der Waals surface area contributed by atoms with Crippen LogP contribution in [0.2, 0.25) is 0 Å². The summed E-state index contributed by atoms with van der Waals surface area (Å²) < 4.78 is 12.1. The quantitative estimate of drug-likeness (QED) is 0.333. The molecule has 4 rings (SSSR count). The van der Waals surface area contributed by atoms with Gasteiger partial charge in [0.15, 0.2) is 5.58 Å². The number of nitrogens with zero attached hydrogens (tertiary/aromatic N) is 1. The number of nitrogens with one attached hydrogen (secondary N) is 1. The van der Waals surface area contributed by atoms with Crippen LogP contribution >= 0.6 is 22.6 Å². The minimum absolute atomic E-state index is 0.248. The Labute approximate surface area is 162 Å². The SMILES string of the molecule is O=C(/C=C/c1ccco1)Nc1ccc2oc(-c3ccc(I)cc3)nc2c1. The molecule has 0 radical (unpaired) electrons. The third-order valence-electron chi connectivity index (χ3n) is 3.69. The molecule has 128 valence electrons. The van der Waals surface area contributed by atoms with Crippen molar-refractivity contribution in [1.82, 2.24) is 4.98 Å². The van der Waals surface area contributed by atoms with E-state index in [9.17, 15) is 4.79 Å². The lowest BCUT2D eigenvalue weighted by molar-refractivity contribution is -0.111. The summed E-state index contributed by atoms with van der Waals surface area (Å²) in [6.07, 6.45) is 4.59. The van der Waals surface area contributed by atoms with Crippen LogP contribution in [-0.2, 0) is 4.79 Å². The topological polar surface area (TPSA) is 68.3 Å². The normalized spacial score (nSPS) is 11.3. The van der Waals surface area contributed by atoms with Crippen LogP contribution in [0.15, 0.2) is 75.8 Å². The molecule has 6 heteroatoms. The second-order valence-corrected chi connectivity index (χ2v) is 6.79. The zero-order valence-electron chi connectivity index (χ0n) is 13.5. The van der Waals surface area contributed by atoms with Crippen LogP contribution in [0, 0.1) is 3.57 Å². The number of hydrogen-bond donors (Lipinski definition) is 1. The second kappa shape index (κ2) is 7.17. The number of rotatable bonds is 4. The van der Waals surface area contributed by atoms with Gasteiger partial charge in [-0.2, -0.15) is 0 Å². The number of aromatic nitrogens is 1. The van der Waals surface area contributed by atoms with E-state index in [1.165, 1.54) is 6.08 Å². The van der Waals surface area contributed by atoms with Gasteiger partial charge < -0.3 is 14.2 Å². The van der Waals surface area contributed by atoms with Gasteiger partial charge in [-0.15, -0.1) is 0 Å². The van der Waals surface area contributed by atoms with Crippen LogP contribution < -0.4 is 5.32 Å². The van der Waals surface area contributed by atoms with E-state index in [1.807, 2.05) is 24.3 Å². The van der Waals surface area contributed by atoms with Crippen molar-refractivity contribution >= 4 is 51.4 Å². The highest BCUT2D eigenvalue weighted by Gasteiger charge is 2.09. The molecule has 5 nitrogen and oxygen atoms in total. The highest BCUT2D eigenvalue weighted by Crippen LogP contribution is 2.26. The van der Waals surface area contributed by atoms with Crippen LogP contribution in [-0.4, -0.2) is 10.9 Å². The average molecular weight is 456 g/mol. The van der Waals surface area contributed by atoms with Gasteiger partial charge in [0.25, 0.3) is 0 Å². The monoisotopic (exact) mass is 456 g/mol. The predicted octanol–water partition coefficient (Wildman–Crippen LogP) is 5.34. The Morgan fingerprint density at radius 1 is 1.12 bits per heavy atom. The fourth-order valence-corrected chi connectivity index (χ4v) is 2.81. The van der Waals surface area contributed by atoms with Gasteiger partial charge in [-0.3, -0.25) is 4.79 Å². The molecule has 0 aliphatic rings. The molecular formula is C20H13IN2O3. The maximum absolute atomic E-state index is 12.0. The summed E-state index contributed by atoms with van der Waals surface area (Å²) in [6.45, 7) is 0. The van der Waals surface area contributed by atoms with E-state index in [4.69, 9.17) is 8.83 Å². The molecule has 1 amide bonds. The molecule has 2 aromatic carbocycles. The zero-order chi connectivity index (χ0) is 17.9. The lowest BCUT2D eigenvalue weighted by Gasteiger charge is -2.00. The van der Waals surface area contributed by atoms with E-state index < -0.39 is 0 Å². The predicted molar refractivity (Wildman–Crippen MR) is 109 cm³/mol. The molecule has 0 atom stereocenters. The summed E-state index contributed by atoms with van der Waals surface area (Å²) in [5.41, 5.74) is 2.91. The van der Waals surface area contributed by atoms with E-state index in [0.29, 0.717) is 28.4 Å². The standard InChI is InChI=1S/C20H13IN2O3/c21-14-5-3-13(4-6-14)20-23-17-12-15(7-9-18(17)26-20)22-19(24)10-8-16-2-1-11-25-16/h1-12H,(H,22,24)/b10-8+. The number of halogens is 1. The number of anilines is 1. The summed E-state index contributed by atoms with van der Waals surface area (Å²) >= 11 is 2.25. The van der Waals surface area contributed by atoms with E-state index >= 15 is 0 Å². The average Bonchev–Trinajstić information content (AvgIpc) is 3.30. The minimum Gasteiger partial charge on any atom is -0.465 e. The third-order valence-corrected chi connectivity index (χ3v) is 4.41. The van der Waals surface area contributed by atoms with E-state index in [0.717, 1.165) is 9.13 Å². The van der Waals surface area contributed by atoms with Crippen molar-refractivity contribution in [3.8, 4) is 11.5 Å². The molecule has 0 spiro atoms. The molecule has 1 N–H and O–H groups in total.